The number of ether oxygens (including phenoxy) is 1. The lowest BCUT2D eigenvalue weighted by molar-refractivity contribution is -0.0404. The summed E-state index contributed by atoms with van der Waals surface area (Å²) < 4.78 is 5.36. The predicted molar refractivity (Wildman–Crippen MR) is 56.4 cm³/mol. The normalized spacial score (nSPS) is 19.8. The van der Waals surface area contributed by atoms with E-state index in [1.807, 2.05) is 0 Å². The number of diazo groups is 1. The second-order valence-corrected chi connectivity index (χ2v) is 3.66. The highest BCUT2D eigenvalue weighted by atomic mass is 16.6. The number of hydrogen-bond donors (Lipinski definition) is 1. The van der Waals surface area contributed by atoms with Crippen molar-refractivity contribution in [3.8, 4) is 0 Å². The van der Waals surface area contributed by atoms with E-state index in [9.17, 15) is 5.11 Å². The van der Waals surface area contributed by atoms with Crippen LogP contribution in [0.25, 0.3) is 4.98 Å². The van der Waals surface area contributed by atoms with E-state index in [-0.39, 0.29) is 5.95 Å². The molecular formula is C11H15N2O2+. The van der Waals surface area contributed by atoms with E-state index >= 15 is 0 Å². The Bertz CT molecular complexity index is 329. The topological polar surface area (TPSA) is 57.6 Å². The van der Waals surface area contributed by atoms with Crippen molar-refractivity contribution in [1.82, 2.24) is 0 Å². The zero-order chi connectivity index (χ0) is 11.1. The maximum atomic E-state index is 9.31. The molecule has 0 spiro atoms. The molecule has 0 aromatic rings. The highest BCUT2D eigenvalue weighted by molar-refractivity contribution is 5.05. The van der Waals surface area contributed by atoms with Crippen molar-refractivity contribution in [2.45, 2.75) is 37.7 Å². The van der Waals surface area contributed by atoms with Crippen LogP contribution >= 0.6 is 0 Å². The Morgan fingerprint density at radius 1 is 1.47 bits per heavy atom. The lowest BCUT2D eigenvalue weighted by Crippen LogP contribution is -2.32. The number of hydrogen-bond acceptors (Lipinski definition) is 3. The molecule has 0 saturated heterocycles. The molecule has 1 rings (SSSR count). The zero-order valence-corrected chi connectivity index (χ0v) is 8.65. The smallest absolute Gasteiger partial charge is 0.429 e. The fraction of sp³-hybridized carbons (Fsp3) is 0.545. The molecule has 0 aromatic carbocycles. The molecule has 1 saturated carbocycles. The fourth-order valence-corrected chi connectivity index (χ4v) is 1.90. The Hall–Kier alpha value is -1.72. The van der Waals surface area contributed by atoms with E-state index in [4.69, 9.17) is 10.1 Å². The Labute approximate surface area is 89.2 Å². The molecule has 0 aliphatic heterocycles. The SMILES string of the molecule is C=C=CC1(O/C(O)=C/[N+]#N)CCCCC1. The molecule has 0 atom stereocenters. The summed E-state index contributed by atoms with van der Waals surface area (Å²) in [6.07, 6.45) is 7.49. The second kappa shape index (κ2) is 5.23. The number of aliphatic hydroxyl groups excluding tert-OH is 1. The van der Waals surface area contributed by atoms with Gasteiger partial charge in [-0.05, 0) is 25.7 Å². The first kappa shape index (κ1) is 11.4. The summed E-state index contributed by atoms with van der Waals surface area (Å²) in [6.45, 7) is 3.52. The van der Waals surface area contributed by atoms with Gasteiger partial charge in [0.15, 0.2) is 4.98 Å². The average molecular weight is 207 g/mol. The first-order valence-electron chi connectivity index (χ1n) is 5.02. The van der Waals surface area contributed by atoms with E-state index in [1.54, 1.807) is 6.08 Å². The van der Waals surface area contributed by atoms with Crippen molar-refractivity contribution in [1.29, 1.82) is 5.39 Å². The second-order valence-electron chi connectivity index (χ2n) is 3.66. The van der Waals surface area contributed by atoms with E-state index in [0.29, 0.717) is 0 Å². The first-order valence-corrected chi connectivity index (χ1v) is 5.02. The van der Waals surface area contributed by atoms with Crippen LogP contribution in [0.5, 0.6) is 0 Å². The van der Waals surface area contributed by atoms with Gasteiger partial charge in [-0.15, -0.1) is 5.73 Å². The van der Waals surface area contributed by atoms with Crippen LogP contribution in [0.3, 0.4) is 0 Å². The van der Waals surface area contributed by atoms with Crippen LogP contribution in [0.1, 0.15) is 32.1 Å². The number of rotatable bonds is 3. The molecule has 0 unspecified atom stereocenters. The molecule has 1 aliphatic rings. The Morgan fingerprint density at radius 2 is 2.13 bits per heavy atom. The zero-order valence-electron chi connectivity index (χ0n) is 8.65. The molecule has 0 aromatic heterocycles. The standard InChI is InChI=1S/C11H14N2O2/c1-2-6-11(7-4-3-5-8-11)15-10(14)9-13-12/h6,9H,1,3-5,7-8H2/p+1/b10-9+. The van der Waals surface area contributed by atoms with Crippen LogP contribution in [0, 0.1) is 5.39 Å². The quantitative estimate of drug-likeness (QED) is 0.439. The van der Waals surface area contributed by atoms with E-state index < -0.39 is 5.60 Å². The number of nitrogens with zero attached hydrogens (tertiary/aromatic N) is 2. The van der Waals surface area contributed by atoms with Crippen LogP contribution in [0.2, 0.25) is 0 Å². The molecule has 0 heterocycles. The summed E-state index contributed by atoms with van der Waals surface area (Å²) >= 11 is 0. The van der Waals surface area contributed by atoms with Gasteiger partial charge in [-0.2, -0.15) is 0 Å². The van der Waals surface area contributed by atoms with Gasteiger partial charge in [0.25, 0.3) is 0 Å². The van der Waals surface area contributed by atoms with Crippen molar-refractivity contribution in [3.63, 3.8) is 0 Å². The maximum absolute atomic E-state index is 9.31. The molecule has 1 fully saturated rings. The molecule has 80 valence electrons. The van der Waals surface area contributed by atoms with Crippen LogP contribution in [-0.4, -0.2) is 10.7 Å². The number of aliphatic hydroxyl groups is 1. The van der Waals surface area contributed by atoms with Crippen LogP contribution in [0.15, 0.2) is 30.5 Å². The molecule has 0 bridgehead atoms. The van der Waals surface area contributed by atoms with E-state index in [2.05, 4.69) is 17.3 Å². The van der Waals surface area contributed by atoms with Crippen LogP contribution < -0.4 is 0 Å². The highest BCUT2D eigenvalue weighted by Gasteiger charge is 2.33. The minimum Gasteiger partial charge on any atom is -0.476 e. The monoisotopic (exact) mass is 207 g/mol. The largest absolute Gasteiger partial charge is 0.476 e. The highest BCUT2D eigenvalue weighted by Crippen LogP contribution is 2.34. The van der Waals surface area contributed by atoms with Gasteiger partial charge in [0.2, 0.25) is 5.39 Å². The first-order chi connectivity index (χ1) is 7.22. The lowest BCUT2D eigenvalue weighted by Gasteiger charge is -2.32. The van der Waals surface area contributed by atoms with Crippen molar-refractivity contribution in [3.05, 3.63) is 35.5 Å². The van der Waals surface area contributed by atoms with Crippen LogP contribution in [0.4, 0.5) is 0 Å². The van der Waals surface area contributed by atoms with Crippen molar-refractivity contribution in [2.24, 2.45) is 0 Å². The third-order valence-electron chi connectivity index (χ3n) is 2.54. The van der Waals surface area contributed by atoms with Gasteiger partial charge in [-0.1, -0.05) is 13.0 Å². The molecule has 4 nitrogen and oxygen atoms in total. The fourth-order valence-electron chi connectivity index (χ4n) is 1.90. The van der Waals surface area contributed by atoms with Gasteiger partial charge >= 0.3 is 12.1 Å². The summed E-state index contributed by atoms with van der Waals surface area (Å²) in [4.78, 5) is 2.71. The Kier molecular flexibility index (Phi) is 3.96. The van der Waals surface area contributed by atoms with E-state index in [1.165, 1.54) is 6.42 Å². The summed E-state index contributed by atoms with van der Waals surface area (Å²) in [6, 6.07) is 0. The average Bonchev–Trinajstić information content (AvgIpc) is 2.19. The lowest BCUT2D eigenvalue weighted by atomic mass is 9.84. The van der Waals surface area contributed by atoms with Crippen LogP contribution in [-0.2, 0) is 4.74 Å². The van der Waals surface area contributed by atoms with Gasteiger partial charge in [-0.25, -0.2) is 0 Å². The van der Waals surface area contributed by atoms with Gasteiger partial charge in [0, 0.05) is 6.08 Å². The minimum absolute atomic E-state index is 0.383. The molecular weight excluding hydrogens is 192 g/mol. The summed E-state index contributed by atoms with van der Waals surface area (Å²) in [7, 11) is 0. The predicted octanol–water partition coefficient (Wildman–Crippen LogP) is 3.26. The van der Waals surface area contributed by atoms with Crippen molar-refractivity contribution in [2.75, 3.05) is 0 Å². The molecule has 1 N–H and O–H groups in total. The molecule has 1 aliphatic carbocycles. The summed E-state index contributed by atoms with van der Waals surface area (Å²) in [5.41, 5.74) is 2.16. The Morgan fingerprint density at radius 3 is 2.67 bits per heavy atom. The Balaban J connectivity index is 2.77. The minimum atomic E-state index is -0.536. The maximum Gasteiger partial charge on any atom is 0.429 e. The molecule has 15 heavy (non-hydrogen) atoms. The van der Waals surface area contributed by atoms with Crippen molar-refractivity contribution < 1.29 is 9.84 Å². The van der Waals surface area contributed by atoms with E-state index in [0.717, 1.165) is 31.9 Å². The van der Waals surface area contributed by atoms with Gasteiger partial charge < -0.3 is 9.84 Å². The molecule has 0 radical (unpaired) electrons. The third kappa shape index (κ3) is 3.16. The molecule has 0 amide bonds. The summed E-state index contributed by atoms with van der Waals surface area (Å²) in [5.74, 6) is -0.383. The van der Waals surface area contributed by atoms with Gasteiger partial charge in [0.1, 0.15) is 5.60 Å². The van der Waals surface area contributed by atoms with Gasteiger partial charge in [0.05, 0.1) is 0 Å². The van der Waals surface area contributed by atoms with Gasteiger partial charge in [-0.3, -0.25) is 0 Å². The summed E-state index contributed by atoms with van der Waals surface area (Å²) in [5, 5.41) is 17.6. The van der Waals surface area contributed by atoms with Crippen molar-refractivity contribution >= 4 is 0 Å². The third-order valence-corrected chi connectivity index (χ3v) is 2.54. The molecule has 4 heteroatoms.